The van der Waals surface area contributed by atoms with Gasteiger partial charge in [0.15, 0.2) is 0 Å². The Labute approximate surface area is 126 Å². The fraction of sp³-hybridized carbons (Fsp3) is 0.286. The maximum absolute atomic E-state index is 12.2. The third kappa shape index (κ3) is 3.05. The molecule has 0 spiro atoms. The first-order valence-corrected chi connectivity index (χ1v) is 6.59. The van der Waals surface area contributed by atoms with Gasteiger partial charge in [-0.15, -0.1) is 0 Å². The maximum atomic E-state index is 12.2. The summed E-state index contributed by atoms with van der Waals surface area (Å²) in [4.78, 5) is 22.8. The van der Waals surface area contributed by atoms with Crippen molar-refractivity contribution in [3.63, 3.8) is 0 Å². The normalized spacial score (nSPS) is 10.3. The van der Waals surface area contributed by atoms with Crippen LogP contribution in [0.25, 0.3) is 0 Å². The molecule has 0 aliphatic carbocycles. The zero-order chi connectivity index (χ0) is 16.3. The molecular weight excluding hydrogens is 290 g/mol. The van der Waals surface area contributed by atoms with E-state index < -0.39 is 10.8 Å². The van der Waals surface area contributed by atoms with Gasteiger partial charge in [0.2, 0.25) is 0 Å². The molecule has 0 bridgehead atoms. The molecular formula is C14H15N3O5. The van der Waals surface area contributed by atoms with Crippen LogP contribution in [0, 0.1) is 24.0 Å². The highest BCUT2D eigenvalue weighted by Gasteiger charge is 2.22. The van der Waals surface area contributed by atoms with Crippen LogP contribution in [-0.4, -0.2) is 22.6 Å². The van der Waals surface area contributed by atoms with Crippen LogP contribution in [0.2, 0.25) is 0 Å². The van der Waals surface area contributed by atoms with Gasteiger partial charge in [0, 0.05) is 0 Å². The van der Waals surface area contributed by atoms with Crippen molar-refractivity contribution in [3.8, 4) is 5.75 Å². The molecule has 0 aliphatic heterocycles. The number of aryl methyl sites for hydroxylation is 2. The minimum Gasteiger partial charge on any atom is -0.494 e. The van der Waals surface area contributed by atoms with E-state index in [1.54, 1.807) is 26.8 Å². The minimum atomic E-state index is -0.578. The van der Waals surface area contributed by atoms with Crippen LogP contribution >= 0.6 is 0 Å². The molecule has 0 saturated carbocycles. The average Bonchev–Trinajstić information content (AvgIpc) is 2.80. The lowest BCUT2D eigenvalue weighted by Gasteiger charge is -2.08. The number of anilines is 1. The van der Waals surface area contributed by atoms with Gasteiger partial charge in [-0.1, -0.05) is 5.16 Å². The number of ether oxygens (including phenoxy) is 1. The molecule has 1 aromatic heterocycles. The van der Waals surface area contributed by atoms with Gasteiger partial charge < -0.3 is 14.6 Å². The smallest absolute Gasteiger partial charge is 0.296 e. The van der Waals surface area contributed by atoms with Crippen LogP contribution < -0.4 is 10.1 Å². The molecule has 116 valence electrons. The lowest BCUT2D eigenvalue weighted by atomic mass is 10.2. The summed E-state index contributed by atoms with van der Waals surface area (Å²) in [5, 5.41) is 17.3. The largest absolute Gasteiger partial charge is 0.494 e. The third-order valence-electron chi connectivity index (χ3n) is 2.99. The van der Waals surface area contributed by atoms with E-state index in [1.807, 2.05) is 0 Å². The predicted octanol–water partition coefficient (Wildman–Crippen LogP) is 2.85. The number of amides is 1. The van der Waals surface area contributed by atoms with E-state index in [1.165, 1.54) is 12.1 Å². The second-order valence-corrected chi connectivity index (χ2v) is 4.52. The summed E-state index contributed by atoms with van der Waals surface area (Å²) in [6, 6.07) is 4.26. The van der Waals surface area contributed by atoms with Crippen molar-refractivity contribution in [3.05, 3.63) is 45.3 Å². The van der Waals surface area contributed by atoms with E-state index in [-0.39, 0.29) is 16.9 Å². The molecule has 0 unspecified atom stereocenters. The van der Waals surface area contributed by atoms with E-state index in [0.29, 0.717) is 23.8 Å². The average molecular weight is 305 g/mol. The van der Waals surface area contributed by atoms with Crippen LogP contribution in [-0.2, 0) is 0 Å². The molecule has 0 atom stereocenters. The predicted molar refractivity (Wildman–Crippen MR) is 78.2 cm³/mol. The van der Waals surface area contributed by atoms with Crippen molar-refractivity contribution in [1.82, 2.24) is 5.16 Å². The number of nitrogens with zero attached hydrogens (tertiary/aromatic N) is 2. The molecule has 0 aliphatic rings. The molecule has 1 aromatic carbocycles. The number of hydrogen-bond donors (Lipinski definition) is 1. The number of nitro groups is 1. The van der Waals surface area contributed by atoms with Gasteiger partial charge in [-0.25, -0.2) is 0 Å². The van der Waals surface area contributed by atoms with Crippen LogP contribution in [0.15, 0.2) is 22.7 Å². The molecule has 8 nitrogen and oxygen atoms in total. The fourth-order valence-corrected chi connectivity index (χ4v) is 2.02. The summed E-state index contributed by atoms with van der Waals surface area (Å²) in [6.07, 6.45) is 0. The van der Waals surface area contributed by atoms with Gasteiger partial charge in [-0.05, 0) is 32.9 Å². The van der Waals surface area contributed by atoms with E-state index in [2.05, 4.69) is 10.5 Å². The number of aromatic nitrogens is 1. The fourth-order valence-electron chi connectivity index (χ4n) is 2.02. The van der Waals surface area contributed by atoms with Crippen molar-refractivity contribution < 1.29 is 19.0 Å². The second-order valence-electron chi connectivity index (χ2n) is 4.52. The summed E-state index contributed by atoms with van der Waals surface area (Å²) >= 11 is 0. The van der Waals surface area contributed by atoms with Crippen molar-refractivity contribution >= 4 is 17.3 Å². The van der Waals surface area contributed by atoms with Gasteiger partial charge in [-0.3, -0.25) is 14.9 Å². The zero-order valence-electron chi connectivity index (χ0n) is 12.4. The molecule has 0 saturated heterocycles. The van der Waals surface area contributed by atoms with Crippen molar-refractivity contribution in [2.45, 2.75) is 20.8 Å². The molecule has 0 fully saturated rings. The van der Waals surface area contributed by atoms with Gasteiger partial charge in [-0.2, -0.15) is 0 Å². The van der Waals surface area contributed by atoms with E-state index in [0.717, 1.165) is 0 Å². The summed E-state index contributed by atoms with van der Waals surface area (Å²) in [5.41, 5.74) is 0.524. The second kappa shape index (κ2) is 6.25. The van der Waals surface area contributed by atoms with E-state index in [4.69, 9.17) is 9.26 Å². The van der Waals surface area contributed by atoms with Gasteiger partial charge in [0.25, 0.3) is 11.6 Å². The van der Waals surface area contributed by atoms with Crippen molar-refractivity contribution in [2.75, 3.05) is 11.9 Å². The monoisotopic (exact) mass is 305 g/mol. The summed E-state index contributed by atoms with van der Waals surface area (Å²) in [7, 11) is 0. The molecule has 2 aromatic rings. The first-order chi connectivity index (χ1) is 10.4. The van der Waals surface area contributed by atoms with Gasteiger partial charge in [0.05, 0.1) is 23.3 Å². The maximum Gasteiger partial charge on any atom is 0.296 e. The summed E-state index contributed by atoms with van der Waals surface area (Å²) < 4.78 is 10.1. The lowest BCUT2D eigenvalue weighted by molar-refractivity contribution is -0.384. The number of benzene rings is 1. The molecule has 2 rings (SSSR count). The quantitative estimate of drug-likeness (QED) is 0.672. The number of nitrogens with one attached hydrogen (secondary N) is 1. The molecule has 22 heavy (non-hydrogen) atoms. The van der Waals surface area contributed by atoms with Crippen LogP contribution in [0.4, 0.5) is 11.4 Å². The number of rotatable bonds is 5. The topological polar surface area (TPSA) is 108 Å². The van der Waals surface area contributed by atoms with Crippen LogP contribution in [0.5, 0.6) is 5.75 Å². The molecule has 1 amide bonds. The third-order valence-corrected chi connectivity index (χ3v) is 2.99. The number of carbonyl (C=O) groups is 1. The Kier molecular flexibility index (Phi) is 4.40. The Morgan fingerprint density at radius 2 is 2.18 bits per heavy atom. The highest BCUT2D eigenvalue weighted by molar-refractivity contribution is 6.06. The Balaban J connectivity index is 2.33. The van der Waals surface area contributed by atoms with Gasteiger partial charge >= 0.3 is 0 Å². The first-order valence-electron chi connectivity index (χ1n) is 6.59. The number of nitro benzene ring substituents is 1. The molecule has 1 heterocycles. The summed E-state index contributed by atoms with van der Waals surface area (Å²) in [5.74, 6) is 0.205. The zero-order valence-corrected chi connectivity index (χ0v) is 12.4. The Hall–Kier alpha value is -2.90. The molecule has 8 heteroatoms. The van der Waals surface area contributed by atoms with Crippen molar-refractivity contribution in [2.24, 2.45) is 0 Å². The van der Waals surface area contributed by atoms with Crippen LogP contribution in [0.3, 0.4) is 0 Å². The van der Waals surface area contributed by atoms with Gasteiger partial charge in [0.1, 0.15) is 22.8 Å². The lowest BCUT2D eigenvalue weighted by Crippen LogP contribution is -2.14. The SMILES string of the molecule is CCOc1ccc(NC(=O)c2c(C)noc2C)c([N+](=O)[O-])c1. The van der Waals surface area contributed by atoms with E-state index >= 15 is 0 Å². The van der Waals surface area contributed by atoms with Crippen LogP contribution in [0.1, 0.15) is 28.7 Å². The highest BCUT2D eigenvalue weighted by atomic mass is 16.6. The Morgan fingerprint density at radius 3 is 2.73 bits per heavy atom. The van der Waals surface area contributed by atoms with E-state index in [9.17, 15) is 14.9 Å². The summed E-state index contributed by atoms with van der Waals surface area (Å²) in [6.45, 7) is 5.39. The molecule has 1 N–H and O–H groups in total. The molecule has 0 radical (unpaired) electrons. The number of hydrogen-bond acceptors (Lipinski definition) is 6. The minimum absolute atomic E-state index is 0.0819. The standard InChI is InChI=1S/C14H15N3O5/c1-4-21-10-5-6-11(12(7-10)17(19)20)15-14(18)13-8(2)16-22-9(13)3/h5-7H,4H2,1-3H3,(H,15,18). The Bertz CT molecular complexity index is 704. The number of carbonyl (C=O) groups excluding carboxylic acids is 1. The van der Waals surface area contributed by atoms with Crippen molar-refractivity contribution in [1.29, 1.82) is 0 Å². The Morgan fingerprint density at radius 1 is 1.45 bits per heavy atom. The highest BCUT2D eigenvalue weighted by Crippen LogP contribution is 2.30. The first kappa shape index (κ1) is 15.5.